The summed E-state index contributed by atoms with van der Waals surface area (Å²) in [5.41, 5.74) is 0. The number of carbonyl (C=O) groups excluding carboxylic acids is 2. The summed E-state index contributed by atoms with van der Waals surface area (Å²) in [5, 5.41) is 23.4. The number of unbranched alkanes of at least 4 members (excludes halogenated alkanes) is 56. The predicted molar refractivity (Wildman–Crippen MR) is 347 cm³/mol. The van der Waals surface area contributed by atoms with Gasteiger partial charge in [-0.25, -0.2) is 0 Å². The normalized spacial score (nSPS) is 12.5. The van der Waals surface area contributed by atoms with Crippen LogP contribution in [0.1, 0.15) is 418 Å². The first-order valence-corrected chi connectivity index (χ1v) is 36.4. The van der Waals surface area contributed by atoms with Crippen molar-refractivity contribution in [1.29, 1.82) is 0 Å². The molecule has 3 N–H and O–H groups in total. The third-order valence-corrected chi connectivity index (χ3v) is 17.3. The number of allylic oxidation sites excluding steroid dienone is 2. The number of nitrogens with one attached hydrogen (secondary N) is 1. The van der Waals surface area contributed by atoms with Gasteiger partial charge < -0.3 is 20.3 Å². The van der Waals surface area contributed by atoms with Gasteiger partial charge in [0.05, 0.1) is 25.4 Å². The first-order valence-electron chi connectivity index (χ1n) is 36.4. The van der Waals surface area contributed by atoms with Crippen molar-refractivity contribution < 1.29 is 24.5 Å². The minimum Gasteiger partial charge on any atom is -0.466 e. The molecule has 79 heavy (non-hydrogen) atoms. The van der Waals surface area contributed by atoms with E-state index in [-0.39, 0.29) is 18.5 Å². The number of carbonyl (C=O) groups is 2. The van der Waals surface area contributed by atoms with Crippen LogP contribution in [-0.2, 0) is 14.3 Å². The minimum absolute atomic E-state index is 0.0125. The fourth-order valence-electron chi connectivity index (χ4n) is 11.8. The third-order valence-electron chi connectivity index (χ3n) is 17.3. The van der Waals surface area contributed by atoms with Crippen molar-refractivity contribution in [2.24, 2.45) is 0 Å². The maximum Gasteiger partial charge on any atom is 0.305 e. The van der Waals surface area contributed by atoms with Gasteiger partial charge in [0.2, 0.25) is 5.91 Å². The summed E-state index contributed by atoms with van der Waals surface area (Å²) in [6.07, 6.45) is 85.5. The van der Waals surface area contributed by atoms with Gasteiger partial charge >= 0.3 is 5.97 Å². The molecular weight excluding hydrogens is 971 g/mol. The fraction of sp³-hybridized carbons (Fsp3) is 0.945. The van der Waals surface area contributed by atoms with Crippen molar-refractivity contribution in [2.45, 2.75) is 431 Å². The molecule has 0 aromatic rings. The fourth-order valence-corrected chi connectivity index (χ4v) is 11.8. The number of esters is 1. The van der Waals surface area contributed by atoms with Crippen LogP contribution in [0, 0.1) is 0 Å². The lowest BCUT2D eigenvalue weighted by molar-refractivity contribution is -0.143. The molecular formula is C73H143NO5. The number of hydrogen-bond donors (Lipinski definition) is 3. The summed E-state index contributed by atoms with van der Waals surface area (Å²) in [4.78, 5) is 24.6. The minimum atomic E-state index is -0.662. The van der Waals surface area contributed by atoms with Gasteiger partial charge in [-0.3, -0.25) is 9.59 Å². The lowest BCUT2D eigenvalue weighted by Crippen LogP contribution is -2.45. The van der Waals surface area contributed by atoms with Gasteiger partial charge in [-0.1, -0.05) is 366 Å². The van der Waals surface area contributed by atoms with Crippen molar-refractivity contribution in [1.82, 2.24) is 5.32 Å². The SMILES string of the molecule is CCCCCCCCC/C=C\CCCCCCCC(=O)OCCCCCCCCCCCCCCCCCCCCCCCCCCCCCCC(=O)NC(CO)C(O)CCCCCCCCCCCCCCCCCCCC. The summed E-state index contributed by atoms with van der Waals surface area (Å²) in [5.74, 6) is -0.0149. The molecule has 0 aliphatic rings. The van der Waals surface area contributed by atoms with Gasteiger partial charge in [0.15, 0.2) is 0 Å². The Morgan fingerprint density at radius 3 is 0.899 bits per heavy atom. The van der Waals surface area contributed by atoms with E-state index >= 15 is 0 Å². The molecule has 0 bridgehead atoms. The maximum absolute atomic E-state index is 12.5. The Morgan fingerprint density at radius 1 is 0.342 bits per heavy atom. The second-order valence-electron chi connectivity index (χ2n) is 25.3. The van der Waals surface area contributed by atoms with E-state index < -0.39 is 12.1 Å². The smallest absolute Gasteiger partial charge is 0.305 e. The number of ether oxygens (including phenoxy) is 1. The quantitative estimate of drug-likeness (QED) is 0.0320. The predicted octanol–water partition coefficient (Wildman–Crippen LogP) is 23.5. The zero-order chi connectivity index (χ0) is 57.1. The van der Waals surface area contributed by atoms with E-state index in [1.165, 1.54) is 340 Å². The van der Waals surface area contributed by atoms with E-state index in [0.29, 0.717) is 25.9 Å². The van der Waals surface area contributed by atoms with E-state index in [4.69, 9.17) is 4.74 Å². The lowest BCUT2D eigenvalue weighted by Gasteiger charge is -2.22. The molecule has 0 aliphatic carbocycles. The second kappa shape index (κ2) is 69.1. The molecule has 0 aromatic heterocycles. The van der Waals surface area contributed by atoms with Crippen molar-refractivity contribution in [2.75, 3.05) is 13.2 Å². The topological polar surface area (TPSA) is 95.9 Å². The van der Waals surface area contributed by atoms with E-state index in [2.05, 4.69) is 31.3 Å². The summed E-state index contributed by atoms with van der Waals surface area (Å²) >= 11 is 0. The van der Waals surface area contributed by atoms with Gasteiger partial charge in [-0.15, -0.1) is 0 Å². The zero-order valence-electron chi connectivity index (χ0n) is 53.9. The Hall–Kier alpha value is -1.40. The highest BCUT2D eigenvalue weighted by Gasteiger charge is 2.20. The van der Waals surface area contributed by atoms with Crippen LogP contribution in [-0.4, -0.2) is 47.4 Å². The summed E-state index contributed by atoms with van der Waals surface area (Å²) in [6.45, 7) is 4.99. The molecule has 2 atom stereocenters. The molecule has 0 aliphatic heterocycles. The molecule has 0 aromatic carbocycles. The average Bonchev–Trinajstić information content (AvgIpc) is 3.45. The van der Waals surface area contributed by atoms with Crippen LogP contribution in [0.3, 0.4) is 0 Å². The Kier molecular flexibility index (Phi) is 67.9. The van der Waals surface area contributed by atoms with E-state index in [0.717, 1.165) is 44.9 Å². The third kappa shape index (κ3) is 65.6. The highest BCUT2D eigenvalue weighted by atomic mass is 16.5. The molecule has 0 rings (SSSR count). The average molecular weight is 1110 g/mol. The molecule has 0 radical (unpaired) electrons. The van der Waals surface area contributed by atoms with Gasteiger partial charge in [0.25, 0.3) is 0 Å². The van der Waals surface area contributed by atoms with Crippen molar-refractivity contribution in [3.63, 3.8) is 0 Å². The Bertz CT molecular complexity index is 1190. The first-order chi connectivity index (χ1) is 39.0. The monoisotopic (exact) mass is 1110 g/mol. The van der Waals surface area contributed by atoms with E-state index in [1.54, 1.807) is 0 Å². The molecule has 6 nitrogen and oxygen atoms in total. The van der Waals surface area contributed by atoms with Gasteiger partial charge in [-0.05, 0) is 51.4 Å². The van der Waals surface area contributed by atoms with E-state index in [1.807, 2.05) is 0 Å². The van der Waals surface area contributed by atoms with Crippen LogP contribution < -0.4 is 5.32 Å². The maximum atomic E-state index is 12.5. The van der Waals surface area contributed by atoms with E-state index in [9.17, 15) is 19.8 Å². The highest BCUT2D eigenvalue weighted by Crippen LogP contribution is 2.19. The van der Waals surface area contributed by atoms with Gasteiger partial charge in [0, 0.05) is 12.8 Å². The lowest BCUT2D eigenvalue weighted by atomic mass is 10.0. The van der Waals surface area contributed by atoms with Crippen molar-refractivity contribution in [3.8, 4) is 0 Å². The standard InChI is InChI=1S/C73H143NO5/c1-3-5-7-9-11-13-15-17-19-21-34-37-41-45-49-53-57-61-65-71(76)70(69-75)74-72(77)66-62-58-54-50-46-42-38-35-32-30-28-26-24-22-23-25-27-29-31-33-36-40-44-48-52-56-60-64-68-79-73(78)67-63-59-55-51-47-43-39-20-18-16-14-12-10-8-6-4-2/h20,39,70-71,75-76H,3-19,21-38,40-69H2,1-2H3,(H,74,77)/b39-20-. The van der Waals surface area contributed by atoms with Crippen LogP contribution in [0.5, 0.6) is 0 Å². The van der Waals surface area contributed by atoms with Crippen LogP contribution in [0.15, 0.2) is 12.2 Å². The van der Waals surface area contributed by atoms with Gasteiger partial charge in [-0.2, -0.15) is 0 Å². The number of amides is 1. The summed E-state index contributed by atoms with van der Waals surface area (Å²) in [7, 11) is 0. The molecule has 6 heteroatoms. The number of rotatable bonds is 69. The van der Waals surface area contributed by atoms with Crippen LogP contribution in [0.2, 0.25) is 0 Å². The molecule has 0 heterocycles. The molecule has 1 amide bonds. The number of aliphatic hydroxyl groups is 2. The zero-order valence-corrected chi connectivity index (χ0v) is 53.9. The molecule has 0 saturated heterocycles. The van der Waals surface area contributed by atoms with Crippen molar-refractivity contribution >= 4 is 11.9 Å². The van der Waals surface area contributed by atoms with Crippen molar-refractivity contribution in [3.05, 3.63) is 12.2 Å². The number of hydrogen-bond acceptors (Lipinski definition) is 5. The molecule has 2 unspecified atom stereocenters. The van der Waals surface area contributed by atoms with Crippen LogP contribution in [0.4, 0.5) is 0 Å². The summed E-state index contributed by atoms with van der Waals surface area (Å²) < 4.78 is 5.50. The van der Waals surface area contributed by atoms with Crippen LogP contribution >= 0.6 is 0 Å². The van der Waals surface area contributed by atoms with Gasteiger partial charge in [0.1, 0.15) is 0 Å². The Labute approximate surface area is 495 Å². The second-order valence-corrected chi connectivity index (χ2v) is 25.3. The molecule has 0 fully saturated rings. The highest BCUT2D eigenvalue weighted by molar-refractivity contribution is 5.76. The Morgan fingerprint density at radius 2 is 0.595 bits per heavy atom. The Balaban J connectivity index is 3.33. The number of aliphatic hydroxyl groups excluding tert-OH is 2. The molecule has 0 saturated carbocycles. The first kappa shape index (κ1) is 77.6. The van der Waals surface area contributed by atoms with Crippen LogP contribution in [0.25, 0.3) is 0 Å². The molecule has 470 valence electrons. The largest absolute Gasteiger partial charge is 0.466 e. The molecule has 0 spiro atoms. The summed E-state index contributed by atoms with van der Waals surface area (Å²) in [6, 6.07) is -0.539.